The van der Waals surface area contributed by atoms with E-state index >= 15 is 0 Å². The van der Waals surface area contributed by atoms with Crippen LogP contribution < -0.4 is 4.74 Å². The van der Waals surface area contributed by atoms with Crippen molar-refractivity contribution in [3.05, 3.63) is 29.8 Å². The molecule has 3 heteroatoms. The van der Waals surface area contributed by atoms with Gasteiger partial charge in [0.1, 0.15) is 5.75 Å². The maximum Gasteiger partial charge on any atom is 0.125 e. The van der Waals surface area contributed by atoms with Gasteiger partial charge in [0.2, 0.25) is 0 Å². The zero-order chi connectivity index (χ0) is 12.3. The first-order valence-electron chi connectivity index (χ1n) is 6.22. The molecule has 1 aliphatic heterocycles. The molecule has 1 aromatic carbocycles. The van der Waals surface area contributed by atoms with Crippen molar-refractivity contribution in [2.24, 2.45) is 0 Å². The number of hydrogen-bond acceptors (Lipinski definition) is 3. The molecule has 2 rings (SSSR count). The van der Waals surface area contributed by atoms with Crippen molar-refractivity contribution in [3.63, 3.8) is 0 Å². The van der Waals surface area contributed by atoms with E-state index in [2.05, 4.69) is 0 Å². The standard InChI is InChI=1S/C14H20O3/c1-3-16-13-7-5-4-6-12(13)14(15)8-9-17-11(2)10-14/h4-7,11,15H,3,8-10H2,1-2H3. The predicted molar refractivity (Wildman–Crippen MR) is 66.2 cm³/mol. The van der Waals surface area contributed by atoms with E-state index in [1.54, 1.807) is 0 Å². The van der Waals surface area contributed by atoms with Crippen LogP contribution in [0, 0.1) is 0 Å². The highest BCUT2D eigenvalue weighted by atomic mass is 16.5. The second kappa shape index (κ2) is 5.07. The van der Waals surface area contributed by atoms with Crippen LogP contribution in [-0.4, -0.2) is 24.4 Å². The highest BCUT2D eigenvalue weighted by Crippen LogP contribution is 2.39. The predicted octanol–water partition coefficient (Wildman–Crippen LogP) is 2.47. The Labute approximate surface area is 102 Å². The van der Waals surface area contributed by atoms with Gasteiger partial charge in [-0.25, -0.2) is 0 Å². The van der Waals surface area contributed by atoms with Gasteiger partial charge in [-0.15, -0.1) is 0 Å². The molecule has 1 aromatic rings. The van der Waals surface area contributed by atoms with Crippen molar-refractivity contribution in [3.8, 4) is 5.75 Å². The second-order valence-electron chi connectivity index (χ2n) is 4.60. The van der Waals surface area contributed by atoms with E-state index in [0.29, 0.717) is 26.1 Å². The molecular weight excluding hydrogens is 216 g/mol. The van der Waals surface area contributed by atoms with Gasteiger partial charge in [0.15, 0.2) is 0 Å². The van der Waals surface area contributed by atoms with E-state index in [1.165, 1.54) is 0 Å². The molecule has 0 aromatic heterocycles. The first-order chi connectivity index (χ1) is 8.15. The maximum absolute atomic E-state index is 10.8. The quantitative estimate of drug-likeness (QED) is 0.876. The van der Waals surface area contributed by atoms with Crippen LogP contribution in [0.2, 0.25) is 0 Å². The molecule has 94 valence electrons. The Kier molecular flexibility index (Phi) is 3.69. The second-order valence-corrected chi connectivity index (χ2v) is 4.60. The third kappa shape index (κ3) is 2.61. The zero-order valence-corrected chi connectivity index (χ0v) is 10.5. The number of para-hydroxylation sites is 1. The van der Waals surface area contributed by atoms with Crippen LogP contribution in [0.25, 0.3) is 0 Å². The van der Waals surface area contributed by atoms with E-state index in [-0.39, 0.29) is 6.10 Å². The SMILES string of the molecule is CCOc1ccccc1C1(O)CCOC(C)C1. The molecule has 1 N–H and O–H groups in total. The average molecular weight is 236 g/mol. The summed E-state index contributed by atoms with van der Waals surface area (Å²) in [6, 6.07) is 7.73. The average Bonchev–Trinajstić information content (AvgIpc) is 2.30. The number of benzene rings is 1. The molecule has 1 heterocycles. The minimum absolute atomic E-state index is 0.0865. The minimum atomic E-state index is -0.816. The van der Waals surface area contributed by atoms with Crippen molar-refractivity contribution >= 4 is 0 Å². The maximum atomic E-state index is 10.8. The molecule has 0 aliphatic carbocycles. The lowest BCUT2D eigenvalue weighted by molar-refractivity contribution is -0.102. The number of rotatable bonds is 3. The van der Waals surface area contributed by atoms with Crippen molar-refractivity contribution in [1.29, 1.82) is 0 Å². The number of ether oxygens (including phenoxy) is 2. The van der Waals surface area contributed by atoms with Crippen molar-refractivity contribution in [2.45, 2.75) is 38.4 Å². The molecular formula is C14H20O3. The van der Waals surface area contributed by atoms with Gasteiger partial charge < -0.3 is 14.6 Å². The van der Waals surface area contributed by atoms with Crippen molar-refractivity contribution in [1.82, 2.24) is 0 Å². The van der Waals surface area contributed by atoms with Crippen molar-refractivity contribution in [2.75, 3.05) is 13.2 Å². The Balaban J connectivity index is 2.31. The summed E-state index contributed by atoms with van der Waals surface area (Å²) in [4.78, 5) is 0. The Bertz CT molecular complexity index is 377. The van der Waals surface area contributed by atoms with E-state index in [4.69, 9.17) is 9.47 Å². The van der Waals surface area contributed by atoms with Gasteiger partial charge in [0, 0.05) is 18.4 Å². The fraction of sp³-hybridized carbons (Fsp3) is 0.571. The molecule has 0 radical (unpaired) electrons. The molecule has 1 fully saturated rings. The largest absolute Gasteiger partial charge is 0.493 e. The van der Waals surface area contributed by atoms with E-state index in [1.807, 2.05) is 38.1 Å². The van der Waals surface area contributed by atoms with Crippen LogP contribution >= 0.6 is 0 Å². The van der Waals surface area contributed by atoms with Gasteiger partial charge in [-0.3, -0.25) is 0 Å². The normalized spacial score (nSPS) is 29.0. The van der Waals surface area contributed by atoms with Crippen LogP contribution in [0.15, 0.2) is 24.3 Å². The summed E-state index contributed by atoms with van der Waals surface area (Å²) in [6.45, 7) is 5.15. The minimum Gasteiger partial charge on any atom is -0.493 e. The summed E-state index contributed by atoms with van der Waals surface area (Å²) in [7, 11) is 0. The fourth-order valence-corrected chi connectivity index (χ4v) is 2.44. The first-order valence-corrected chi connectivity index (χ1v) is 6.22. The Morgan fingerprint density at radius 1 is 1.47 bits per heavy atom. The van der Waals surface area contributed by atoms with Crippen LogP contribution in [-0.2, 0) is 10.3 Å². The molecule has 17 heavy (non-hydrogen) atoms. The fourth-order valence-electron chi connectivity index (χ4n) is 2.44. The van der Waals surface area contributed by atoms with E-state index < -0.39 is 5.60 Å². The van der Waals surface area contributed by atoms with Gasteiger partial charge in [0.25, 0.3) is 0 Å². The first kappa shape index (κ1) is 12.4. The van der Waals surface area contributed by atoms with Gasteiger partial charge in [-0.1, -0.05) is 18.2 Å². The topological polar surface area (TPSA) is 38.7 Å². The summed E-state index contributed by atoms with van der Waals surface area (Å²) in [5.41, 5.74) is 0.0701. The van der Waals surface area contributed by atoms with Crippen LogP contribution in [0.1, 0.15) is 32.3 Å². The van der Waals surface area contributed by atoms with Gasteiger partial charge in [-0.2, -0.15) is 0 Å². The smallest absolute Gasteiger partial charge is 0.125 e. The highest BCUT2D eigenvalue weighted by molar-refractivity contribution is 5.38. The Morgan fingerprint density at radius 3 is 2.94 bits per heavy atom. The number of hydrogen-bond donors (Lipinski definition) is 1. The molecule has 0 amide bonds. The highest BCUT2D eigenvalue weighted by Gasteiger charge is 2.37. The number of aliphatic hydroxyl groups is 1. The van der Waals surface area contributed by atoms with Crippen LogP contribution in [0.5, 0.6) is 5.75 Å². The summed E-state index contributed by atoms with van der Waals surface area (Å²) in [6.07, 6.45) is 1.34. The molecule has 0 saturated carbocycles. The monoisotopic (exact) mass is 236 g/mol. The van der Waals surface area contributed by atoms with Crippen LogP contribution in [0.4, 0.5) is 0 Å². The third-order valence-corrected chi connectivity index (χ3v) is 3.23. The molecule has 3 nitrogen and oxygen atoms in total. The lowest BCUT2D eigenvalue weighted by Gasteiger charge is -2.36. The summed E-state index contributed by atoms with van der Waals surface area (Å²) < 4.78 is 11.1. The molecule has 2 atom stereocenters. The third-order valence-electron chi connectivity index (χ3n) is 3.23. The summed E-state index contributed by atoms with van der Waals surface area (Å²) in [5, 5.41) is 10.8. The summed E-state index contributed by atoms with van der Waals surface area (Å²) in [5.74, 6) is 0.784. The van der Waals surface area contributed by atoms with Gasteiger partial charge in [-0.05, 0) is 19.9 Å². The van der Waals surface area contributed by atoms with Gasteiger partial charge >= 0.3 is 0 Å². The Hall–Kier alpha value is -1.06. The zero-order valence-electron chi connectivity index (χ0n) is 10.5. The molecule has 1 aliphatic rings. The van der Waals surface area contributed by atoms with Crippen molar-refractivity contribution < 1.29 is 14.6 Å². The van der Waals surface area contributed by atoms with Gasteiger partial charge in [0.05, 0.1) is 24.9 Å². The molecule has 0 bridgehead atoms. The van der Waals surface area contributed by atoms with E-state index in [0.717, 1.165) is 11.3 Å². The molecule has 0 spiro atoms. The van der Waals surface area contributed by atoms with E-state index in [9.17, 15) is 5.11 Å². The Morgan fingerprint density at radius 2 is 2.24 bits per heavy atom. The summed E-state index contributed by atoms with van der Waals surface area (Å²) >= 11 is 0. The lowest BCUT2D eigenvalue weighted by atomic mass is 9.83. The molecule has 2 unspecified atom stereocenters. The van der Waals surface area contributed by atoms with Crippen LogP contribution in [0.3, 0.4) is 0 Å². The molecule has 1 saturated heterocycles. The lowest BCUT2D eigenvalue weighted by Crippen LogP contribution is -2.37.